The van der Waals surface area contributed by atoms with E-state index in [-0.39, 0.29) is 23.7 Å². The second-order valence-corrected chi connectivity index (χ2v) is 6.63. The molecule has 132 valence electrons. The van der Waals surface area contributed by atoms with E-state index in [1.807, 2.05) is 48.5 Å². The first kappa shape index (κ1) is 16.3. The summed E-state index contributed by atoms with van der Waals surface area (Å²) < 4.78 is 1.68. The Labute approximate surface area is 151 Å². The first-order valence-electron chi connectivity index (χ1n) is 8.71. The van der Waals surface area contributed by atoms with E-state index in [4.69, 9.17) is 0 Å². The quantitative estimate of drug-likeness (QED) is 0.770. The van der Waals surface area contributed by atoms with Gasteiger partial charge in [-0.2, -0.15) is 0 Å². The van der Waals surface area contributed by atoms with E-state index in [0.29, 0.717) is 17.8 Å². The lowest BCUT2D eigenvalue weighted by molar-refractivity contribution is 0.0782. The molecule has 26 heavy (non-hydrogen) atoms. The second kappa shape index (κ2) is 6.63. The third-order valence-electron chi connectivity index (χ3n) is 4.48. The van der Waals surface area contributed by atoms with E-state index in [1.54, 1.807) is 22.5 Å². The maximum Gasteiger partial charge on any atom is 0.287 e. The highest BCUT2D eigenvalue weighted by molar-refractivity contribution is 6.02. The summed E-state index contributed by atoms with van der Waals surface area (Å²) in [6.07, 6.45) is 3.76. The fourth-order valence-electron chi connectivity index (χ4n) is 2.94. The number of hydrogen-bond acceptors (Lipinski definition) is 3. The number of amides is 2. The largest absolute Gasteiger partial charge is 0.347 e. The third kappa shape index (κ3) is 3.18. The normalized spacial score (nSPS) is 13.6. The van der Waals surface area contributed by atoms with Crippen LogP contribution in [-0.4, -0.2) is 39.2 Å². The molecule has 2 heterocycles. The van der Waals surface area contributed by atoms with Crippen LogP contribution in [0.3, 0.4) is 0 Å². The number of nitrogens with zero attached hydrogens (tertiary/aromatic N) is 3. The monoisotopic (exact) mass is 348 g/mol. The molecule has 1 aliphatic rings. The third-order valence-corrected chi connectivity index (χ3v) is 4.48. The van der Waals surface area contributed by atoms with Gasteiger partial charge in [0.05, 0.1) is 5.52 Å². The second-order valence-electron chi connectivity index (χ2n) is 6.63. The molecule has 0 unspecified atom stereocenters. The summed E-state index contributed by atoms with van der Waals surface area (Å²) in [5.41, 5.74) is 1.97. The van der Waals surface area contributed by atoms with E-state index in [1.165, 1.54) is 0 Å². The van der Waals surface area contributed by atoms with Gasteiger partial charge in [-0.1, -0.05) is 36.4 Å². The lowest BCUT2D eigenvalue weighted by atomic mass is 10.2. The summed E-state index contributed by atoms with van der Waals surface area (Å²) >= 11 is 0. The highest BCUT2D eigenvalue weighted by Gasteiger charge is 2.28. The van der Waals surface area contributed by atoms with Gasteiger partial charge in [0.1, 0.15) is 0 Å². The van der Waals surface area contributed by atoms with Crippen molar-refractivity contribution in [2.75, 3.05) is 7.05 Å². The first-order chi connectivity index (χ1) is 12.6. The van der Waals surface area contributed by atoms with Crippen LogP contribution in [0.5, 0.6) is 0 Å². The Morgan fingerprint density at radius 3 is 2.62 bits per heavy atom. The van der Waals surface area contributed by atoms with Gasteiger partial charge in [-0.3, -0.25) is 14.0 Å². The van der Waals surface area contributed by atoms with E-state index in [2.05, 4.69) is 10.3 Å². The predicted octanol–water partition coefficient (Wildman–Crippen LogP) is 2.50. The van der Waals surface area contributed by atoms with E-state index >= 15 is 0 Å². The minimum absolute atomic E-state index is 0.206. The van der Waals surface area contributed by atoms with Gasteiger partial charge in [0.25, 0.3) is 11.8 Å². The highest BCUT2D eigenvalue weighted by Crippen LogP contribution is 2.21. The van der Waals surface area contributed by atoms with Crippen molar-refractivity contribution < 1.29 is 9.59 Å². The van der Waals surface area contributed by atoms with Gasteiger partial charge in [-0.15, -0.1) is 0 Å². The predicted molar refractivity (Wildman–Crippen MR) is 97.9 cm³/mol. The maximum absolute atomic E-state index is 13.0. The molecule has 3 aromatic rings. The summed E-state index contributed by atoms with van der Waals surface area (Å²) in [7, 11) is 1.74. The van der Waals surface area contributed by atoms with Crippen molar-refractivity contribution in [3.05, 3.63) is 71.8 Å². The molecule has 0 saturated heterocycles. The topological polar surface area (TPSA) is 66.7 Å². The Hall–Kier alpha value is -3.15. The van der Waals surface area contributed by atoms with Crippen LogP contribution >= 0.6 is 0 Å². The van der Waals surface area contributed by atoms with Gasteiger partial charge >= 0.3 is 0 Å². The minimum atomic E-state index is -0.238. The molecule has 2 aromatic heterocycles. The van der Waals surface area contributed by atoms with Crippen molar-refractivity contribution in [3.63, 3.8) is 0 Å². The molecule has 0 spiro atoms. The van der Waals surface area contributed by atoms with E-state index in [0.717, 1.165) is 18.4 Å². The molecule has 1 aliphatic carbocycles. The molecule has 6 heteroatoms. The summed E-state index contributed by atoms with van der Waals surface area (Å²) in [5, 5.41) is 2.94. The van der Waals surface area contributed by atoms with Crippen molar-refractivity contribution in [3.8, 4) is 0 Å². The van der Waals surface area contributed by atoms with Crippen LogP contribution in [0.15, 0.2) is 54.7 Å². The lowest BCUT2D eigenvalue weighted by Gasteiger charge is -2.16. The number of nitrogens with one attached hydrogen (secondary N) is 1. The molecule has 4 rings (SSSR count). The minimum Gasteiger partial charge on any atom is -0.347 e. The molecule has 0 aliphatic heterocycles. The fourth-order valence-corrected chi connectivity index (χ4v) is 2.94. The molecule has 0 bridgehead atoms. The van der Waals surface area contributed by atoms with Crippen molar-refractivity contribution in [2.45, 2.75) is 25.4 Å². The van der Waals surface area contributed by atoms with Crippen LogP contribution in [0.1, 0.15) is 39.5 Å². The lowest BCUT2D eigenvalue weighted by Crippen LogP contribution is -2.28. The number of imidazole rings is 1. The standard InChI is InChI=1S/C20H20N4O2/c1-23(13-14-7-3-2-4-8-14)20(26)17-16-9-5-6-12-24(16)18(22-17)19(25)21-15-10-11-15/h2-9,12,15H,10-11,13H2,1H3,(H,21,25). The number of aromatic nitrogens is 2. The van der Waals surface area contributed by atoms with E-state index < -0.39 is 0 Å². The highest BCUT2D eigenvalue weighted by atomic mass is 16.2. The summed E-state index contributed by atoms with van der Waals surface area (Å²) in [6.45, 7) is 0.481. The van der Waals surface area contributed by atoms with Gasteiger partial charge in [0.2, 0.25) is 5.82 Å². The Kier molecular flexibility index (Phi) is 4.16. The number of carbonyl (C=O) groups excluding carboxylic acids is 2. The molecule has 1 fully saturated rings. The molecule has 1 aromatic carbocycles. The molecular formula is C20H20N4O2. The van der Waals surface area contributed by atoms with Gasteiger partial charge in [0.15, 0.2) is 5.69 Å². The molecule has 0 atom stereocenters. The van der Waals surface area contributed by atoms with Gasteiger partial charge in [-0.05, 0) is 30.5 Å². The molecule has 1 N–H and O–H groups in total. The van der Waals surface area contributed by atoms with Crippen molar-refractivity contribution in [2.24, 2.45) is 0 Å². The summed E-state index contributed by atoms with van der Waals surface area (Å²) in [4.78, 5) is 31.4. The number of pyridine rings is 1. The average molecular weight is 348 g/mol. The maximum atomic E-state index is 13.0. The van der Waals surface area contributed by atoms with Gasteiger partial charge in [0, 0.05) is 25.8 Å². The average Bonchev–Trinajstić information content (AvgIpc) is 3.39. The number of fused-ring (bicyclic) bond motifs is 1. The number of carbonyl (C=O) groups is 2. The Bertz CT molecular complexity index is 960. The van der Waals surface area contributed by atoms with Gasteiger partial charge < -0.3 is 10.2 Å². The zero-order valence-corrected chi connectivity index (χ0v) is 14.6. The van der Waals surface area contributed by atoms with Gasteiger partial charge in [-0.25, -0.2) is 4.98 Å². The summed E-state index contributed by atoms with van der Waals surface area (Å²) in [5.74, 6) is -0.189. The molecule has 1 saturated carbocycles. The zero-order chi connectivity index (χ0) is 18.1. The summed E-state index contributed by atoms with van der Waals surface area (Å²) in [6, 6.07) is 15.5. The van der Waals surface area contributed by atoms with Crippen LogP contribution in [0.4, 0.5) is 0 Å². The van der Waals surface area contributed by atoms with Crippen LogP contribution in [0.25, 0.3) is 5.52 Å². The Balaban J connectivity index is 1.64. The fraction of sp³-hybridized carbons (Fsp3) is 0.250. The van der Waals surface area contributed by atoms with Crippen molar-refractivity contribution >= 4 is 17.3 Å². The number of hydrogen-bond donors (Lipinski definition) is 1. The van der Waals surface area contributed by atoms with Crippen LogP contribution in [0.2, 0.25) is 0 Å². The van der Waals surface area contributed by atoms with Crippen LogP contribution < -0.4 is 5.32 Å². The van der Waals surface area contributed by atoms with Crippen molar-refractivity contribution in [1.29, 1.82) is 0 Å². The molecule has 2 amide bonds. The molecule has 0 radical (unpaired) electrons. The number of rotatable bonds is 5. The zero-order valence-electron chi connectivity index (χ0n) is 14.6. The van der Waals surface area contributed by atoms with Crippen LogP contribution in [0, 0.1) is 0 Å². The Morgan fingerprint density at radius 2 is 1.88 bits per heavy atom. The number of benzene rings is 1. The SMILES string of the molecule is CN(Cc1ccccc1)C(=O)c1nc(C(=O)NC2CC2)n2ccccc12. The molecular weight excluding hydrogens is 328 g/mol. The molecule has 6 nitrogen and oxygen atoms in total. The van der Waals surface area contributed by atoms with E-state index in [9.17, 15) is 9.59 Å². The smallest absolute Gasteiger partial charge is 0.287 e. The Morgan fingerprint density at radius 1 is 1.15 bits per heavy atom. The van der Waals surface area contributed by atoms with Crippen LogP contribution in [-0.2, 0) is 6.54 Å². The van der Waals surface area contributed by atoms with Crippen molar-refractivity contribution in [1.82, 2.24) is 19.6 Å². The first-order valence-corrected chi connectivity index (χ1v) is 8.71.